The lowest BCUT2D eigenvalue weighted by Crippen LogP contribution is -2.55. The van der Waals surface area contributed by atoms with Crippen LogP contribution in [-0.2, 0) is 4.74 Å². The first-order valence-electron chi connectivity index (χ1n) is 7.20. The van der Waals surface area contributed by atoms with Crippen LogP contribution in [0.5, 0.6) is 0 Å². The van der Waals surface area contributed by atoms with E-state index in [9.17, 15) is 0 Å². The van der Waals surface area contributed by atoms with Crippen LogP contribution in [0.2, 0.25) is 0 Å². The second-order valence-electron chi connectivity index (χ2n) is 6.02. The zero-order chi connectivity index (χ0) is 13.8. The maximum atomic E-state index is 5.91. The first-order chi connectivity index (χ1) is 8.42. The summed E-state index contributed by atoms with van der Waals surface area (Å²) in [5, 5.41) is 0. The second kappa shape index (κ2) is 6.85. The van der Waals surface area contributed by atoms with Crippen LogP contribution >= 0.6 is 0 Å². The second-order valence-corrected chi connectivity index (χ2v) is 6.02. The first kappa shape index (κ1) is 15.9. The monoisotopic (exact) mass is 257 g/mol. The summed E-state index contributed by atoms with van der Waals surface area (Å²) in [6, 6.07) is 0.605. The standard InChI is InChI=1S/C14H31N3O/c1-6-14(4,11-15)16(5)9-13-10-17(12(2)3)7-8-18-13/h12-13H,6-11,15H2,1-5H3. The Labute approximate surface area is 112 Å². The molecule has 1 fully saturated rings. The Hall–Kier alpha value is -0.160. The number of hydrogen-bond acceptors (Lipinski definition) is 4. The molecular formula is C14H31N3O. The van der Waals surface area contributed by atoms with Crippen molar-refractivity contribution in [3.05, 3.63) is 0 Å². The van der Waals surface area contributed by atoms with Gasteiger partial charge in [-0.05, 0) is 34.2 Å². The largest absolute Gasteiger partial charge is 0.374 e. The van der Waals surface area contributed by atoms with Gasteiger partial charge in [0.1, 0.15) is 0 Å². The van der Waals surface area contributed by atoms with Crippen molar-refractivity contribution >= 4 is 0 Å². The molecule has 1 aliphatic rings. The van der Waals surface area contributed by atoms with Crippen LogP contribution in [-0.4, -0.2) is 67.3 Å². The smallest absolute Gasteiger partial charge is 0.0829 e. The number of likely N-dealkylation sites (N-methyl/N-ethyl adjacent to an activating group) is 1. The van der Waals surface area contributed by atoms with Crippen molar-refractivity contribution in [2.24, 2.45) is 5.73 Å². The summed E-state index contributed by atoms with van der Waals surface area (Å²) in [7, 11) is 2.16. The summed E-state index contributed by atoms with van der Waals surface area (Å²) in [4.78, 5) is 4.86. The molecule has 0 aromatic rings. The first-order valence-corrected chi connectivity index (χ1v) is 7.20. The lowest BCUT2D eigenvalue weighted by Gasteiger charge is -2.42. The highest BCUT2D eigenvalue weighted by Crippen LogP contribution is 2.18. The van der Waals surface area contributed by atoms with Gasteiger partial charge in [-0.1, -0.05) is 6.92 Å². The molecule has 0 amide bonds. The molecule has 4 heteroatoms. The van der Waals surface area contributed by atoms with E-state index < -0.39 is 0 Å². The molecule has 1 saturated heterocycles. The third-order valence-electron chi connectivity index (χ3n) is 4.50. The summed E-state index contributed by atoms with van der Waals surface area (Å²) < 4.78 is 5.89. The predicted molar refractivity (Wildman–Crippen MR) is 76.8 cm³/mol. The Balaban J connectivity index is 2.51. The van der Waals surface area contributed by atoms with E-state index in [0.29, 0.717) is 18.7 Å². The summed E-state index contributed by atoms with van der Waals surface area (Å²) in [5.41, 5.74) is 5.99. The molecule has 1 rings (SSSR count). The minimum atomic E-state index is 0.0868. The van der Waals surface area contributed by atoms with Gasteiger partial charge in [0.2, 0.25) is 0 Å². The third-order valence-corrected chi connectivity index (χ3v) is 4.50. The molecule has 18 heavy (non-hydrogen) atoms. The van der Waals surface area contributed by atoms with Crippen molar-refractivity contribution in [3.8, 4) is 0 Å². The number of hydrogen-bond donors (Lipinski definition) is 1. The number of ether oxygens (including phenoxy) is 1. The van der Waals surface area contributed by atoms with E-state index in [0.717, 1.165) is 32.7 Å². The molecule has 0 saturated carbocycles. The van der Waals surface area contributed by atoms with Crippen molar-refractivity contribution in [1.29, 1.82) is 0 Å². The van der Waals surface area contributed by atoms with Crippen molar-refractivity contribution in [3.63, 3.8) is 0 Å². The summed E-state index contributed by atoms with van der Waals surface area (Å²) >= 11 is 0. The number of rotatable bonds is 6. The predicted octanol–water partition coefficient (Wildman–Crippen LogP) is 1.15. The molecule has 0 radical (unpaired) electrons. The topological polar surface area (TPSA) is 41.7 Å². The highest BCUT2D eigenvalue weighted by atomic mass is 16.5. The molecule has 0 spiro atoms. The van der Waals surface area contributed by atoms with Crippen LogP contribution < -0.4 is 5.73 Å². The fraction of sp³-hybridized carbons (Fsp3) is 1.00. The molecule has 108 valence electrons. The van der Waals surface area contributed by atoms with Gasteiger partial charge in [-0.2, -0.15) is 0 Å². The third kappa shape index (κ3) is 3.92. The van der Waals surface area contributed by atoms with Gasteiger partial charge in [0.25, 0.3) is 0 Å². The minimum absolute atomic E-state index is 0.0868. The van der Waals surface area contributed by atoms with Gasteiger partial charge in [0.15, 0.2) is 0 Å². The van der Waals surface area contributed by atoms with Gasteiger partial charge in [-0.15, -0.1) is 0 Å². The maximum absolute atomic E-state index is 5.91. The maximum Gasteiger partial charge on any atom is 0.0829 e. The van der Waals surface area contributed by atoms with E-state index in [1.54, 1.807) is 0 Å². The van der Waals surface area contributed by atoms with Gasteiger partial charge in [-0.3, -0.25) is 9.80 Å². The normalized spacial score (nSPS) is 25.7. The summed E-state index contributed by atoms with van der Waals surface area (Å²) in [6.07, 6.45) is 1.38. The number of morpholine rings is 1. The lowest BCUT2D eigenvalue weighted by atomic mass is 9.96. The molecule has 4 nitrogen and oxygen atoms in total. The van der Waals surface area contributed by atoms with E-state index >= 15 is 0 Å². The zero-order valence-corrected chi connectivity index (χ0v) is 12.8. The number of nitrogens with zero attached hydrogens (tertiary/aromatic N) is 2. The Kier molecular flexibility index (Phi) is 6.05. The van der Waals surface area contributed by atoms with Gasteiger partial charge >= 0.3 is 0 Å². The molecule has 2 unspecified atom stereocenters. The lowest BCUT2D eigenvalue weighted by molar-refractivity contribution is -0.0605. The average molecular weight is 257 g/mol. The molecule has 2 N–H and O–H groups in total. The van der Waals surface area contributed by atoms with Crippen molar-refractivity contribution in [2.45, 2.75) is 51.8 Å². The van der Waals surface area contributed by atoms with Crippen LogP contribution in [0.4, 0.5) is 0 Å². The van der Waals surface area contributed by atoms with E-state index in [-0.39, 0.29) is 5.54 Å². The zero-order valence-electron chi connectivity index (χ0n) is 12.8. The Morgan fingerprint density at radius 2 is 2.17 bits per heavy atom. The molecule has 0 aliphatic carbocycles. The van der Waals surface area contributed by atoms with Crippen molar-refractivity contribution in [2.75, 3.05) is 39.8 Å². The summed E-state index contributed by atoms with van der Waals surface area (Å²) in [5.74, 6) is 0. The fourth-order valence-electron chi connectivity index (χ4n) is 2.42. The number of nitrogens with two attached hydrogens (primary N) is 1. The molecular weight excluding hydrogens is 226 g/mol. The average Bonchev–Trinajstić information content (AvgIpc) is 2.38. The van der Waals surface area contributed by atoms with Crippen molar-refractivity contribution < 1.29 is 4.74 Å². The van der Waals surface area contributed by atoms with Crippen LogP contribution in [0.25, 0.3) is 0 Å². The molecule has 0 aromatic heterocycles. The van der Waals surface area contributed by atoms with Crippen LogP contribution in [0, 0.1) is 0 Å². The summed E-state index contributed by atoms with van der Waals surface area (Å²) in [6.45, 7) is 13.5. The fourth-order valence-corrected chi connectivity index (χ4v) is 2.42. The van der Waals surface area contributed by atoms with Crippen LogP contribution in [0.15, 0.2) is 0 Å². The van der Waals surface area contributed by atoms with Gasteiger partial charge in [0.05, 0.1) is 12.7 Å². The van der Waals surface area contributed by atoms with Crippen LogP contribution in [0.1, 0.15) is 34.1 Å². The van der Waals surface area contributed by atoms with E-state index in [1.807, 2.05) is 0 Å². The van der Waals surface area contributed by atoms with Crippen molar-refractivity contribution in [1.82, 2.24) is 9.80 Å². The van der Waals surface area contributed by atoms with Crippen LogP contribution in [0.3, 0.4) is 0 Å². The Morgan fingerprint density at radius 1 is 1.50 bits per heavy atom. The van der Waals surface area contributed by atoms with E-state index in [1.165, 1.54) is 0 Å². The van der Waals surface area contributed by atoms with E-state index in [4.69, 9.17) is 10.5 Å². The minimum Gasteiger partial charge on any atom is -0.374 e. The Bertz CT molecular complexity index is 241. The van der Waals surface area contributed by atoms with Gasteiger partial charge in [-0.25, -0.2) is 0 Å². The van der Waals surface area contributed by atoms with Gasteiger partial charge < -0.3 is 10.5 Å². The SMILES string of the molecule is CCC(C)(CN)N(C)CC1CN(C(C)C)CCO1. The molecule has 2 atom stereocenters. The highest BCUT2D eigenvalue weighted by molar-refractivity contribution is 4.87. The highest BCUT2D eigenvalue weighted by Gasteiger charge is 2.30. The molecule has 0 aromatic carbocycles. The Morgan fingerprint density at radius 3 is 2.67 bits per heavy atom. The molecule has 1 aliphatic heterocycles. The van der Waals surface area contributed by atoms with Gasteiger partial charge in [0, 0.05) is 37.8 Å². The molecule has 1 heterocycles. The molecule has 0 bridgehead atoms. The quantitative estimate of drug-likeness (QED) is 0.775. The van der Waals surface area contributed by atoms with E-state index in [2.05, 4.69) is 44.5 Å².